The van der Waals surface area contributed by atoms with Crippen LogP contribution in [0.3, 0.4) is 0 Å². The summed E-state index contributed by atoms with van der Waals surface area (Å²) >= 11 is 0. The number of methoxy groups -OCH3 is 1. The lowest BCUT2D eigenvalue weighted by molar-refractivity contribution is -0.0870. The molecule has 0 radical (unpaired) electrons. The zero-order valence-corrected chi connectivity index (χ0v) is 11.4. The van der Waals surface area contributed by atoms with Gasteiger partial charge < -0.3 is 19.5 Å². The fourth-order valence-corrected chi connectivity index (χ4v) is 2.85. The number of hydrogen-bond donors (Lipinski definition) is 1. The summed E-state index contributed by atoms with van der Waals surface area (Å²) in [6.07, 6.45) is 2.47. The summed E-state index contributed by atoms with van der Waals surface area (Å²) in [7, 11) is 1.71. The molecule has 2 aliphatic rings. The summed E-state index contributed by atoms with van der Waals surface area (Å²) in [5.74, 6) is 0.935. The van der Waals surface area contributed by atoms with Crippen LogP contribution in [0.25, 0.3) is 0 Å². The van der Waals surface area contributed by atoms with Crippen molar-refractivity contribution in [1.82, 2.24) is 5.32 Å². The first-order valence-electron chi connectivity index (χ1n) is 6.96. The molecule has 0 aromatic heterocycles. The van der Waals surface area contributed by atoms with Gasteiger partial charge in [-0.05, 0) is 36.1 Å². The third-order valence-corrected chi connectivity index (χ3v) is 3.91. The second-order valence-corrected chi connectivity index (χ2v) is 5.13. The first-order chi connectivity index (χ1) is 9.36. The molecule has 0 bridgehead atoms. The average Bonchev–Trinajstić information content (AvgIpc) is 2.88. The van der Waals surface area contributed by atoms with Crippen LogP contribution in [0.2, 0.25) is 0 Å². The SMILES string of the molecule is COc1ccc2c(c1)C(NCC1COCCO1)CC2. The van der Waals surface area contributed by atoms with E-state index in [-0.39, 0.29) is 6.10 Å². The molecule has 4 nitrogen and oxygen atoms in total. The Bertz CT molecular complexity index is 429. The maximum Gasteiger partial charge on any atom is 0.119 e. The normalized spacial score (nSPS) is 26.2. The molecule has 0 amide bonds. The van der Waals surface area contributed by atoms with Gasteiger partial charge in [0.05, 0.1) is 33.0 Å². The lowest BCUT2D eigenvalue weighted by atomic mass is 10.1. The minimum Gasteiger partial charge on any atom is -0.497 e. The van der Waals surface area contributed by atoms with Crippen molar-refractivity contribution in [3.63, 3.8) is 0 Å². The largest absolute Gasteiger partial charge is 0.497 e. The Hall–Kier alpha value is -1.10. The maximum absolute atomic E-state index is 5.66. The third-order valence-electron chi connectivity index (χ3n) is 3.91. The van der Waals surface area contributed by atoms with Crippen molar-refractivity contribution in [2.45, 2.75) is 25.0 Å². The quantitative estimate of drug-likeness (QED) is 0.897. The zero-order valence-electron chi connectivity index (χ0n) is 11.4. The molecule has 19 heavy (non-hydrogen) atoms. The molecular formula is C15H21NO3. The van der Waals surface area contributed by atoms with Gasteiger partial charge in [0, 0.05) is 12.6 Å². The highest BCUT2D eigenvalue weighted by atomic mass is 16.6. The lowest BCUT2D eigenvalue weighted by Gasteiger charge is -2.25. The van der Waals surface area contributed by atoms with Gasteiger partial charge >= 0.3 is 0 Å². The fraction of sp³-hybridized carbons (Fsp3) is 0.600. The lowest BCUT2D eigenvalue weighted by Crippen LogP contribution is -2.38. The molecule has 1 heterocycles. The Labute approximate surface area is 114 Å². The van der Waals surface area contributed by atoms with E-state index in [0.717, 1.165) is 31.7 Å². The zero-order chi connectivity index (χ0) is 13.1. The van der Waals surface area contributed by atoms with Crippen molar-refractivity contribution in [3.8, 4) is 5.75 Å². The van der Waals surface area contributed by atoms with Crippen LogP contribution in [-0.2, 0) is 15.9 Å². The summed E-state index contributed by atoms with van der Waals surface area (Å²) in [5.41, 5.74) is 2.80. The maximum atomic E-state index is 5.66. The molecule has 0 spiro atoms. The first kappa shape index (κ1) is 12.9. The summed E-state index contributed by atoms with van der Waals surface area (Å²) in [4.78, 5) is 0. The molecule has 1 aliphatic heterocycles. The van der Waals surface area contributed by atoms with Crippen molar-refractivity contribution in [2.75, 3.05) is 33.5 Å². The Morgan fingerprint density at radius 2 is 2.32 bits per heavy atom. The molecule has 104 valence electrons. The minimum atomic E-state index is 0.184. The van der Waals surface area contributed by atoms with Crippen molar-refractivity contribution < 1.29 is 14.2 Å². The average molecular weight is 263 g/mol. The highest BCUT2D eigenvalue weighted by Gasteiger charge is 2.24. The minimum absolute atomic E-state index is 0.184. The van der Waals surface area contributed by atoms with Crippen LogP contribution >= 0.6 is 0 Å². The van der Waals surface area contributed by atoms with Crippen LogP contribution < -0.4 is 10.1 Å². The molecule has 1 aromatic rings. The second-order valence-electron chi connectivity index (χ2n) is 5.13. The van der Waals surface area contributed by atoms with Crippen LogP contribution in [0.5, 0.6) is 5.75 Å². The molecule has 1 aromatic carbocycles. The molecule has 1 aliphatic carbocycles. The number of ether oxygens (including phenoxy) is 3. The molecule has 1 fully saturated rings. The highest BCUT2D eigenvalue weighted by Crippen LogP contribution is 2.33. The van der Waals surface area contributed by atoms with Crippen molar-refractivity contribution in [1.29, 1.82) is 0 Å². The molecule has 1 saturated heterocycles. The summed E-state index contributed by atoms with van der Waals surface area (Å²) in [5, 5.41) is 3.60. The van der Waals surface area contributed by atoms with Gasteiger partial charge in [-0.3, -0.25) is 0 Å². The number of rotatable bonds is 4. The van der Waals surface area contributed by atoms with E-state index in [0.29, 0.717) is 19.3 Å². The topological polar surface area (TPSA) is 39.7 Å². The Balaban J connectivity index is 1.61. The Kier molecular flexibility index (Phi) is 4.01. The molecule has 2 unspecified atom stereocenters. The van der Waals surface area contributed by atoms with E-state index in [2.05, 4.69) is 17.4 Å². The van der Waals surface area contributed by atoms with Gasteiger partial charge in [0.1, 0.15) is 5.75 Å². The Morgan fingerprint density at radius 1 is 1.37 bits per heavy atom. The van der Waals surface area contributed by atoms with Crippen LogP contribution in [-0.4, -0.2) is 39.6 Å². The van der Waals surface area contributed by atoms with Crippen molar-refractivity contribution in [2.24, 2.45) is 0 Å². The number of aryl methyl sites for hydroxylation is 1. The van der Waals surface area contributed by atoms with E-state index in [1.165, 1.54) is 11.1 Å². The van der Waals surface area contributed by atoms with E-state index in [9.17, 15) is 0 Å². The third kappa shape index (κ3) is 2.91. The highest BCUT2D eigenvalue weighted by molar-refractivity contribution is 5.40. The second kappa shape index (κ2) is 5.90. The van der Waals surface area contributed by atoms with E-state index >= 15 is 0 Å². The van der Waals surface area contributed by atoms with Crippen LogP contribution in [0, 0.1) is 0 Å². The predicted molar refractivity (Wildman–Crippen MR) is 72.6 cm³/mol. The molecule has 0 saturated carbocycles. The molecule has 4 heteroatoms. The molecular weight excluding hydrogens is 242 g/mol. The van der Waals surface area contributed by atoms with Gasteiger partial charge in [0.25, 0.3) is 0 Å². The summed E-state index contributed by atoms with van der Waals surface area (Å²) in [6.45, 7) is 2.98. The number of hydrogen-bond acceptors (Lipinski definition) is 4. The molecule has 2 atom stereocenters. The van der Waals surface area contributed by atoms with Gasteiger partial charge in [-0.1, -0.05) is 6.07 Å². The van der Waals surface area contributed by atoms with Gasteiger partial charge in [-0.15, -0.1) is 0 Å². The van der Waals surface area contributed by atoms with Crippen molar-refractivity contribution >= 4 is 0 Å². The predicted octanol–water partition coefficient (Wildman–Crippen LogP) is 1.69. The summed E-state index contributed by atoms with van der Waals surface area (Å²) in [6, 6.07) is 6.78. The van der Waals surface area contributed by atoms with E-state index in [1.54, 1.807) is 7.11 Å². The van der Waals surface area contributed by atoms with Gasteiger partial charge in [-0.25, -0.2) is 0 Å². The Morgan fingerprint density at radius 3 is 3.11 bits per heavy atom. The van der Waals surface area contributed by atoms with E-state index < -0.39 is 0 Å². The number of fused-ring (bicyclic) bond motifs is 1. The van der Waals surface area contributed by atoms with E-state index in [1.807, 2.05) is 6.07 Å². The first-order valence-corrected chi connectivity index (χ1v) is 6.96. The smallest absolute Gasteiger partial charge is 0.119 e. The van der Waals surface area contributed by atoms with E-state index in [4.69, 9.17) is 14.2 Å². The monoisotopic (exact) mass is 263 g/mol. The van der Waals surface area contributed by atoms with Gasteiger partial charge in [0.15, 0.2) is 0 Å². The molecule has 3 rings (SSSR count). The van der Waals surface area contributed by atoms with Gasteiger partial charge in [-0.2, -0.15) is 0 Å². The standard InChI is InChI=1S/C15H21NO3/c1-17-12-4-2-11-3-5-15(14(11)8-12)16-9-13-10-18-6-7-19-13/h2,4,8,13,15-16H,3,5-7,9-10H2,1H3. The summed E-state index contributed by atoms with van der Waals surface area (Å²) < 4.78 is 16.4. The van der Waals surface area contributed by atoms with Gasteiger partial charge in [0.2, 0.25) is 0 Å². The van der Waals surface area contributed by atoms with Crippen LogP contribution in [0.1, 0.15) is 23.6 Å². The van der Waals surface area contributed by atoms with Crippen LogP contribution in [0.4, 0.5) is 0 Å². The number of benzene rings is 1. The van der Waals surface area contributed by atoms with Crippen LogP contribution in [0.15, 0.2) is 18.2 Å². The fourth-order valence-electron chi connectivity index (χ4n) is 2.85. The number of nitrogens with one attached hydrogen (secondary N) is 1. The molecule has 1 N–H and O–H groups in total. The van der Waals surface area contributed by atoms with Crippen molar-refractivity contribution in [3.05, 3.63) is 29.3 Å².